The van der Waals surface area contributed by atoms with Gasteiger partial charge in [-0.1, -0.05) is 74.3 Å². The van der Waals surface area contributed by atoms with E-state index in [2.05, 4.69) is 31.9 Å². The molecule has 0 spiro atoms. The first-order valence-electron chi connectivity index (χ1n) is 8.81. The van der Waals surface area contributed by atoms with Crippen molar-refractivity contribution < 1.29 is 19.2 Å². The normalized spacial score (nSPS) is 12.6. The van der Waals surface area contributed by atoms with E-state index in [1.165, 1.54) is 18.2 Å². The van der Waals surface area contributed by atoms with Crippen molar-refractivity contribution in [2.45, 2.75) is 10.9 Å². The largest absolute Gasteiger partial charge is 0.449 e. The molecule has 3 aromatic carbocycles. The second-order valence-corrected chi connectivity index (χ2v) is 8.22. The highest BCUT2D eigenvalue weighted by Gasteiger charge is 2.33. The van der Waals surface area contributed by atoms with Gasteiger partial charge in [0.2, 0.25) is 5.78 Å². The van der Waals surface area contributed by atoms with E-state index in [1.54, 1.807) is 60.7 Å². The summed E-state index contributed by atoms with van der Waals surface area (Å²) in [5.74, 6) is -1.10. The third-order valence-corrected chi connectivity index (χ3v) is 5.83. The number of hydrogen-bond donors (Lipinski definition) is 0. The first-order chi connectivity index (χ1) is 14.4. The Bertz CT molecular complexity index is 1070. The van der Waals surface area contributed by atoms with Crippen molar-refractivity contribution in [2.75, 3.05) is 0 Å². The zero-order valence-electron chi connectivity index (χ0n) is 15.4. The number of alkyl halides is 1. The van der Waals surface area contributed by atoms with Crippen LogP contribution in [0.2, 0.25) is 0 Å². The van der Waals surface area contributed by atoms with Gasteiger partial charge in [0, 0.05) is 22.2 Å². The minimum absolute atomic E-state index is 0.123. The number of esters is 1. The molecule has 0 fully saturated rings. The number of benzene rings is 3. The van der Waals surface area contributed by atoms with Crippen molar-refractivity contribution in [2.24, 2.45) is 0 Å². The molecule has 0 aliphatic carbocycles. The predicted octanol–water partition coefficient (Wildman–Crippen LogP) is 5.90. The first-order valence-corrected chi connectivity index (χ1v) is 10.5. The van der Waals surface area contributed by atoms with Crippen LogP contribution in [0, 0.1) is 10.1 Å². The van der Waals surface area contributed by atoms with Gasteiger partial charge in [0.15, 0.2) is 6.10 Å². The highest BCUT2D eigenvalue weighted by molar-refractivity contribution is 9.10. The average molecular weight is 533 g/mol. The summed E-state index contributed by atoms with van der Waals surface area (Å²) >= 11 is 6.72. The molecule has 0 aliphatic heterocycles. The van der Waals surface area contributed by atoms with E-state index in [0.29, 0.717) is 11.1 Å². The lowest BCUT2D eigenvalue weighted by Gasteiger charge is -2.22. The van der Waals surface area contributed by atoms with Gasteiger partial charge in [-0.25, -0.2) is 4.79 Å². The van der Waals surface area contributed by atoms with Crippen molar-refractivity contribution >= 4 is 49.3 Å². The SMILES string of the molecule is O=C(O[C@H](C(=O)c1ccccc1)[C@H](Br)c1cccc([N+](=O)[O-])c1)c1ccc(Br)cc1. The van der Waals surface area contributed by atoms with Crippen LogP contribution in [0.25, 0.3) is 0 Å². The molecule has 0 aromatic heterocycles. The molecular formula is C22H15Br2NO5. The Balaban J connectivity index is 1.95. The van der Waals surface area contributed by atoms with Gasteiger partial charge in [-0.2, -0.15) is 0 Å². The van der Waals surface area contributed by atoms with Crippen LogP contribution in [0.5, 0.6) is 0 Å². The van der Waals surface area contributed by atoms with E-state index in [4.69, 9.17) is 4.74 Å². The Morgan fingerprint density at radius 2 is 1.57 bits per heavy atom. The summed E-state index contributed by atoms with van der Waals surface area (Å²) in [6.45, 7) is 0. The highest BCUT2D eigenvalue weighted by Crippen LogP contribution is 2.33. The Morgan fingerprint density at radius 3 is 2.20 bits per heavy atom. The summed E-state index contributed by atoms with van der Waals surface area (Å²) < 4.78 is 6.39. The number of rotatable bonds is 7. The molecule has 30 heavy (non-hydrogen) atoms. The maximum Gasteiger partial charge on any atom is 0.338 e. The van der Waals surface area contributed by atoms with Crippen LogP contribution in [0.15, 0.2) is 83.3 Å². The summed E-state index contributed by atoms with van der Waals surface area (Å²) in [6, 6.07) is 20.8. The second kappa shape index (κ2) is 9.77. The van der Waals surface area contributed by atoms with E-state index < -0.39 is 27.6 Å². The van der Waals surface area contributed by atoms with Gasteiger partial charge in [0.05, 0.1) is 15.3 Å². The lowest BCUT2D eigenvalue weighted by atomic mass is 9.99. The molecule has 0 aliphatic rings. The molecule has 0 unspecified atom stereocenters. The lowest BCUT2D eigenvalue weighted by molar-refractivity contribution is -0.384. The van der Waals surface area contributed by atoms with Crippen molar-refractivity contribution in [1.29, 1.82) is 0 Å². The van der Waals surface area contributed by atoms with E-state index in [1.807, 2.05) is 0 Å². The van der Waals surface area contributed by atoms with E-state index in [0.717, 1.165) is 4.47 Å². The van der Waals surface area contributed by atoms with Crippen LogP contribution < -0.4 is 0 Å². The fraction of sp³-hybridized carbons (Fsp3) is 0.0909. The smallest absolute Gasteiger partial charge is 0.338 e. The minimum Gasteiger partial charge on any atom is -0.449 e. The number of non-ortho nitro benzene ring substituents is 1. The lowest BCUT2D eigenvalue weighted by Crippen LogP contribution is -2.31. The number of nitro benzene ring substituents is 1. The van der Waals surface area contributed by atoms with Crippen molar-refractivity contribution in [3.63, 3.8) is 0 Å². The molecule has 152 valence electrons. The molecule has 2 atom stereocenters. The summed E-state index contributed by atoms with van der Waals surface area (Å²) in [4.78, 5) is 35.7. The molecular weight excluding hydrogens is 518 g/mol. The van der Waals surface area contributed by atoms with Crippen LogP contribution >= 0.6 is 31.9 Å². The van der Waals surface area contributed by atoms with Crippen LogP contribution in [0.3, 0.4) is 0 Å². The highest BCUT2D eigenvalue weighted by atomic mass is 79.9. The summed E-state index contributed by atoms with van der Waals surface area (Å²) in [6.07, 6.45) is -1.23. The molecule has 8 heteroatoms. The summed E-state index contributed by atoms with van der Waals surface area (Å²) in [5.41, 5.74) is 0.966. The van der Waals surface area contributed by atoms with Crippen LogP contribution in [0.1, 0.15) is 31.1 Å². The number of ether oxygens (including phenoxy) is 1. The number of halogens is 2. The number of carbonyl (C=O) groups excluding carboxylic acids is 2. The molecule has 0 heterocycles. The molecule has 0 radical (unpaired) electrons. The number of hydrogen-bond acceptors (Lipinski definition) is 5. The molecule has 0 amide bonds. The number of ketones is 1. The van der Waals surface area contributed by atoms with Gasteiger partial charge >= 0.3 is 5.97 Å². The third-order valence-electron chi connectivity index (χ3n) is 4.30. The van der Waals surface area contributed by atoms with Crippen LogP contribution in [0.4, 0.5) is 5.69 Å². The Hall–Kier alpha value is -2.84. The maximum absolute atomic E-state index is 13.2. The minimum atomic E-state index is -1.23. The van der Waals surface area contributed by atoms with Gasteiger partial charge < -0.3 is 4.74 Å². The Labute approximate surface area is 189 Å². The number of Topliss-reactive ketones (excluding diaryl/α,β-unsaturated/α-hetero) is 1. The van der Waals surface area contributed by atoms with E-state index >= 15 is 0 Å². The Morgan fingerprint density at radius 1 is 0.900 bits per heavy atom. The Kier molecular flexibility index (Phi) is 7.12. The van der Waals surface area contributed by atoms with Crippen molar-refractivity contribution in [3.8, 4) is 0 Å². The topological polar surface area (TPSA) is 86.5 Å². The third kappa shape index (κ3) is 5.20. The fourth-order valence-electron chi connectivity index (χ4n) is 2.77. The average Bonchev–Trinajstić information content (AvgIpc) is 2.77. The molecule has 0 N–H and O–H groups in total. The monoisotopic (exact) mass is 531 g/mol. The second-order valence-electron chi connectivity index (χ2n) is 6.32. The van der Waals surface area contributed by atoms with Gasteiger partial charge in [-0.3, -0.25) is 14.9 Å². The molecule has 0 saturated carbocycles. The van der Waals surface area contributed by atoms with Gasteiger partial charge in [-0.05, 0) is 29.8 Å². The maximum atomic E-state index is 13.2. The molecule has 0 bridgehead atoms. The number of nitrogens with zero attached hydrogens (tertiary/aromatic N) is 1. The fourth-order valence-corrected chi connectivity index (χ4v) is 3.66. The van der Waals surface area contributed by atoms with Gasteiger partial charge in [0.1, 0.15) is 0 Å². The van der Waals surface area contributed by atoms with E-state index in [-0.39, 0.29) is 11.3 Å². The molecule has 3 aromatic rings. The summed E-state index contributed by atoms with van der Waals surface area (Å²) in [7, 11) is 0. The predicted molar refractivity (Wildman–Crippen MR) is 119 cm³/mol. The van der Waals surface area contributed by atoms with Crippen molar-refractivity contribution in [1.82, 2.24) is 0 Å². The quantitative estimate of drug-likeness (QED) is 0.124. The molecule has 6 nitrogen and oxygen atoms in total. The van der Waals surface area contributed by atoms with Crippen LogP contribution in [-0.4, -0.2) is 22.8 Å². The number of nitro groups is 1. The summed E-state index contributed by atoms with van der Waals surface area (Å²) in [5, 5.41) is 11.1. The van der Waals surface area contributed by atoms with Gasteiger partial charge in [-0.15, -0.1) is 0 Å². The zero-order valence-corrected chi connectivity index (χ0v) is 18.6. The van der Waals surface area contributed by atoms with Gasteiger partial charge in [0.25, 0.3) is 5.69 Å². The van der Waals surface area contributed by atoms with E-state index in [9.17, 15) is 19.7 Å². The van der Waals surface area contributed by atoms with Crippen molar-refractivity contribution in [3.05, 3.63) is 110 Å². The standard InChI is InChI=1S/C22H15Br2NO5/c23-17-11-9-15(10-12-17)22(27)30-21(20(26)14-5-2-1-3-6-14)19(24)16-7-4-8-18(13-16)25(28)29/h1-13,19,21H/t19-,21+/m1/s1. The molecule has 3 rings (SSSR count). The first kappa shape index (κ1) is 21.9. The van der Waals surface area contributed by atoms with Crippen LogP contribution in [-0.2, 0) is 4.74 Å². The molecule has 0 saturated heterocycles. The number of carbonyl (C=O) groups is 2. The zero-order chi connectivity index (χ0) is 21.7.